The summed E-state index contributed by atoms with van der Waals surface area (Å²) in [6.07, 6.45) is 3.50. The van der Waals surface area contributed by atoms with Crippen LogP contribution in [0.1, 0.15) is 30.7 Å². The van der Waals surface area contributed by atoms with E-state index in [4.69, 9.17) is 4.74 Å². The monoisotopic (exact) mass is 376 g/mol. The first-order valence-corrected chi connectivity index (χ1v) is 10.2. The second-order valence-corrected chi connectivity index (χ2v) is 8.12. The molecule has 140 valence electrons. The van der Waals surface area contributed by atoms with Gasteiger partial charge in [-0.25, -0.2) is 23.1 Å². The quantitative estimate of drug-likeness (QED) is 0.832. The Balaban J connectivity index is 1.72. The molecule has 26 heavy (non-hydrogen) atoms. The summed E-state index contributed by atoms with van der Waals surface area (Å²) in [6.45, 7) is 3.91. The number of nitrogens with zero attached hydrogens (tertiary/aromatic N) is 3. The van der Waals surface area contributed by atoms with Crippen LogP contribution in [0.4, 0.5) is 5.95 Å². The van der Waals surface area contributed by atoms with Crippen molar-refractivity contribution in [2.24, 2.45) is 0 Å². The predicted octanol–water partition coefficient (Wildman–Crippen LogP) is 2.26. The van der Waals surface area contributed by atoms with Crippen molar-refractivity contribution in [1.82, 2.24) is 14.7 Å². The molecule has 0 unspecified atom stereocenters. The third-order valence-electron chi connectivity index (χ3n) is 4.35. The van der Waals surface area contributed by atoms with Crippen molar-refractivity contribution in [2.45, 2.75) is 37.6 Å². The molecule has 0 atom stereocenters. The third kappa shape index (κ3) is 4.50. The van der Waals surface area contributed by atoms with Gasteiger partial charge in [0.1, 0.15) is 5.75 Å². The molecule has 7 nitrogen and oxygen atoms in total. The van der Waals surface area contributed by atoms with E-state index in [1.54, 1.807) is 19.2 Å². The van der Waals surface area contributed by atoms with Gasteiger partial charge < -0.3 is 9.64 Å². The van der Waals surface area contributed by atoms with Gasteiger partial charge in [0.25, 0.3) is 0 Å². The van der Waals surface area contributed by atoms with Crippen LogP contribution in [-0.2, 0) is 16.6 Å². The fraction of sp³-hybridized carbons (Fsp3) is 0.444. The Morgan fingerprint density at radius 1 is 1.12 bits per heavy atom. The number of sulfonamides is 1. The standard InChI is InChI=1S/C18H24N4O3S/c1-14-12-15(21-18(20-14)22-10-4-3-5-11-22)13-19-26(23,24)17-8-6-16(25-2)7-9-17/h6-9,12,19H,3-5,10-11,13H2,1-2H3. The zero-order valence-corrected chi connectivity index (χ0v) is 15.9. The van der Waals surface area contributed by atoms with Crippen molar-refractivity contribution in [3.63, 3.8) is 0 Å². The van der Waals surface area contributed by atoms with Gasteiger partial charge in [-0.3, -0.25) is 0 Å². The lowest BCUT2D eigenvalue weighted by atomic mass is 10.1. The number of benzene rings is 1. The highest BCUT2D eigenvalue weighted by Crippen LogP contribution is 2.18. The van der Waals surface area contributed by atoms with E-state index in [1.807, 2.05) is 13.0 Å². The minimum atomic E-state index is -3.61. The van der Waals surface area contributed by atoms with Crippen molar-refractivity contribution in [2.75, 3.05) is 25.1 Å². The Morgan fingerprint density at radius 2 is 1.81 bits per heavy atom. The Hall–Kier alpha value is -2.19. The maximum absolute atomic E-state index is 12.5. The van der Waals surface area contributed by atoms with Crippen molar-refractivity contribution in [3.8, 4) is 5.75 Å². The predicted molar refractivity (Wildman–Crippen MR) is 99.9 cm³/mol. The number of anilines is 1. The summed E-state index contributed by atoms with van der Waals surface area (Å²) in [5, 5.41) is 0. The fourth-order valence-electron chi connectivity index (χ4n) is 2.95. The maximum atomic E-state index is 12.5. The number of nitrogens with one attached hydrogen (secondary N) is 1. The van der Waals surface area contributed by atoms with Crippen LogP contribution >= 0.6 is 0 Å². The summed E-state index contributed by atoms with van der Waals surface area (Å²) < 4.78 is 32.6. The summed E-state index contributed by atoms with van der Waals surface area (Å²) in [5.74, 6) is 1.30. The molecule has 0 saturated carbocycles. The molecule has 1 fully saturated rings. The van der Waals surface area contributed by atoms with Crippen LogP contribution in [0, 0.1) is 6.92 Å². The Bertz CT molecular complexity index is 847. The lowest BCUT2D eigenvalue weighted by Crippen LogP contribution is -2.32. The van der Waals surface area contributed by atoms with Crippen molar-refractivity contribution in [3.05, 3.63) is 41.7 Å². The highest BCUT2D eigenvalue weighted by molar-refractivity contribution is 7.89. The zero-order valence-electron chi connectivity index (χ0n) is 15.1. The van der Waals surface area contributed by atoms with Gasteiger partial charge in [0.2, 0.25) is 16.0 Å². The summed E-state index contributed by atoms with van der Waals surface area (Å²) >= 11 is 0. The van der Waals surface area contributed by atoms with Crippen LogP contribution in [0.5, 0.6) is 5.75 Å². The number of piperidine rings is 1. The van der Waals surface area contributed by atoms with E-state index >= 15 is 0 Å². The molecule has 0 amide bonds. The van der Waals surface area contributed by atoms with Crippen LogP contribution in [0.25, 0.3) is 0 Å². The average Bonchev–Trinajstić information content (AvgIpc) is 2.67. The Labute approximate surface area is 154 Å². The zero-order chi connectivity index (χ0) is 18.6. The lowest BCUT2D eigenvalue weighted by Gasteiger charge is -2.27. The number of aromatic nitrogens is 2. The molecule has 1 aliphatic heterocycles. The molecule has 0 bridgehead atoms. The Kier molecular flexibility index (Phi) is 5.73. The lowest BCUT2D eigenvalue weighted by molar-refractivity contribution is 0.414. The van der Waals surface area contributed by atoms with E-state index in [1.165, 1.54) is 18.6 Å². The van der Waals surface area contributed by atoms with Crippen molar-refractivity contribution >= 4 is 16.0 Å². The molecule has 0 spiro atoms. The van der Waals surface area contributed by atoms with Gasteiger partial charge in [0.05, 0.1) is 24.2 Å². The molecule has 2 heterocycles. The van der Waals surface area contributed by atoms with Gasteiger partial charge in [0.15, 0.2) is 0 Å². The van der Waals surface area contributed by atoms with E-state index in [9.17, 15) is 8.42 Å². The number of aryl methyl sites for hydroxylation is 1. The second-order valence-electron chi connectivity index (χ2n) is 6.35. The van der Waals surface area contributed by atoms with Crippen LogP contribution < -0.4 is 14.4 Å². The van der Waals surface area contributed by atoms with E-state index in [2.05, 4.69) is 19.6 Å². The highest BCUT2D eigenvalue weighted by atomic mass is 32.2. The second kappa shape index (κ2) is 8.01. The number of ether oxygens (including phenoxy) is 1. The van der Waals surface area contributed by atoms with Crippen LogP contribution in [0.15, 0.2) is 35.2 Å². The van der Waals surface area contributed by atoms with E-state index in [0.29, 0.717) is 17.4 Å². The van der Waals surface area contributed by atoms with Gasteiger partial charge >= 0.3 is 0 Å². The van der Waals surface area contributed by atoms with Gasteiger partial charge in [-0.1, -0.05) is 0 Å². The van der Waals surface area contributed by atoms with Crippen LogP contribution in [0.2, 0.25) is 0 Å². The first-order valence-electron chi connectivity index (χ1n) is 8.71. The molecule has 8 heteroatoms. The summed E-state index contributed by atoms with van der Waals surface area (Å²) in [5.41, 5.74) is 1.49. The molecule has 1 aromatic heterocycles. The van der Waals surface area contributed by atoms with E-state index in [0.717, 1.165) is 31.6 Å². The molecule has 0 radical (unpaired) electrons. The Morgan fingerprint density at radius 3 is 2.46 bits per heavy atom. The molecule has 0 aliphatic carbocycles. The molecular weight excluding hydrogens is 352 g/mol. The van der Waals surface area contributed by atoms with Crippen LogP contribution in [-0.4, -0.2) is 38.6 Å². The minimum absolute atomic E-state index is 0.124. The largest absolute Gasteiger partial charge is 0.497 e. The van der Waals surface area contributed by atoms with Crippen LogP contribution in [0.3, 0.4) is 0 Å². The smallest absolute Gasteiger partial charge is 0.240 e. The van der Waals surface area contributed by atoms with Crippen molar-refractivity contribution in [1.29, 1.82) is 0 Å². The minimum Gasteiger partial charge on any atom is -0.497 e. The SMILES string of the molecule is COc1ccc(S(=O)(=O)NCc2cc(C)nc(N3CCCCC3)n2)cc1. The molecule has 1 saturated heterocycles. The topological polar surface area (TPSA) is 84.4 Å². The number of hydrogen-bond acceptors (Lipinski definition) is 6. The van der Waals surface area contributed by atoms with Gasteiger partial charge in [-0.05, 0) is 56.5 Å². The normalized spacial score (nSPS) is 15.1. The molecule has 1 N–H and O–H groups in total. The van der Waals surface area contributed by atoms with Crippen molar-refractivity contribution < 1.29 is 13.2 Å². The van der Waals surface area contributed by atoms with Gasteiger partial charge in [-0.2, -0.15) is 0 Å². The molecule has 3 rings (SSSR count). The third-order valence-corrected chi connectivity index (χ3v) is 5.76. The maximum Gasteiger partial charge on any atom is 0.240 e. The number of hydrogen-bond donors (Lipinski definition) is 1. The summed E-state index contributed by atoms with van der Waals surface area (Å²) in [4.78, 5) is 11.4. The summed E-state index contributed by atoms with van der Waals surface area (Å²) in [6, 6.07) is 8.09. The number of methoxy groups -OCH3 is 1. The molecular formula is C18H24N4O3S. The first-order chi connectivity index (χ1) is 12.5. The van der Waals surface area contributed by atoms with E-state index in [-0.39, 0.29) is 11.4 Å². The van der Waals surface area contributed by atoms with Gasteiger partial charge in [0, 0.05) is 18.8 Å². The molecule has 1 aliphatic rings. The number of rotatable bonds is 6. The average molecular weight is 376 g/mol. The molecule has 1 aromatic carbocycles. The van der Waals surface area contributed by atoms with Gasteiger partial charge in [-0.15, -0.1) is 0 Å². The first kappa shape index (κ1) is 18.6. The highest BCUT2D eigenvalue weighted by Gasteiger charge is 2.17. The summed E-state index contributed by atoms with van der Waals surface area (Å²) in [7, 11) is -2.07. The molecule has 2 aromatic rings. The van der Waals surface area contributed by atoms with E-state index < -0.39 is 10.0 Å². The fourth-order valence-corrected chi connectivity index (χ4v) is 3.95.